The normalized spacial score (nSPS) is 11.3. The van der Waals surface area contributed by atoms with Crippen LogP contribution < -0.4 is 10.6 Å². The molecule has 38 heavy (non-hydrogen) atoms. The number of nitrogens with one attached hydrogen (secondary N) is 2. The number of carbonyl (C=O) groups excluding carboxylic acids is 1. The number of rotatable bonds is 8. The molecule has 1 amide bonds. The van der Waals surface area contributed by atoms with Crippen LogP contribution in [0.1, 0.15) is 13.8 Å². The summed E-state index contributed by atoms with van der Waals surface area (Å²) in [6, 6.07) is 14.0. The molecule has 0 aliphatic heterocycles. The molecule has 3 aromatic heterocycles. The van der Waals surface area contributed by atoms with Gasteiger partial charge >= 0.3 is 0 Å². The Hall–Kier alpha value is -4.50. The van der Waals surface area contributed by atoms with Crippen molar-refractivity contribution in [3.05, 3.63) is 72.7 Å². The highest BCUT2D eigenvalue weighted by atomic mass is 16.1. The van der Waals surface area contributed by atoms with Crippen molar-refractivity contribution < 1.29 is 4.79 Å². The number of aromatic nitrogens is 5. The minimum atomic E-state index is -0.176. The quantitative estimate of drug-likeness (QED) is 0.280. The number of nitrogens with zero attached hydrogens (tertiary/aromatic N) is 6. The predicted octanol–water partition coefficient (Wildman–Crippen LogP) is 5.19. The third-order valence-corrected chi connectivity index (χ3v) is 6.26. The fraction of sp³-hybridized carbons (Fsp3) is 0.241. The highest BCUT2D eigenvalue weighted by Gasteiger charge is 2.15. The summed E-state index contributed by atoms with van der Waals surface area (Å²) in [4.78, 5) is 23.9. The topological polar surface area (TPSA) is 92.9 Å². The van der Waals surface area contributed by atoms with Crippen LogP contribution in [0.25, 0.3) is 33.1 Å². The maximum absolute atomic E-state index is 12.5. The molecule has 0 bridgehead atoms. The van der Waals surface area contributed by atoms with E-state index in [1.165, 1.54) is 0 Å². The van der Waals surface area contributed by atoms with Crippen molar-refractivity contribution in [2.45, 2.75) is 20.4 Å². The molecule has 0 aliphatic rings. The maximum Gasteiger partial charge on any atom is 0.248 e. The number of likely N-dealkylation sites (N-methyl/N-ethyl adjacent to an activating group) is 1. The summed E-state index contributed by atoms with van der Waals surface area (Å²) >= 11 is 0. The van der Waals surface area contributed by atoms with E-state index in [2.05, 4.69) is 48.5 Å². The first-order chi connectivity index (χ1) is 18.3. The van der Waals surface area contributed by atoms with Crippen LogP contribution in [0.3, 0.4) is 0 Å². The number of fused-ring (bicyclic) bond motifs is 2. The second kappa shape index (κ2) is 10.5. The van der Waals surface area contributed by atoms with Crippen LogP contribution in [0.15, 0.2) is 72.7 Å². The van der Waals surface area contributed by atoms with Gasteiger partial charge in [0.25, 0.3) is 0 Å². The molecule has 2 N–H and O–H groups in total. The molecule has 0 atom stereocenters. The standard InChI is InChI=1S/C29H32N8O/c1-19(2)14-27(38)32-21-15-20-17-31-37(13-12-35(3)4)28(20)25(16-21)34-29-30-11-10-24(33-29)23-18-36(5)26-9-7-6-8-22(23)26/h6-11,14-18H,12-13H2,1-5H3,(H,32,38)(H,30,33,34). The number of amides is 1. The van der Waals surface area contributed by atoms with Crippen LogP contribution in [-0.2, 0) is 18.4 Å². The van der Waals surface area contributed by atoms with Crippen molar-refractivity contribution in [1.82, 2.24) is 29.2 Å². The first kappa shape index (κ1) is 25.2. The minimum absolute atomic E-state index is 0.176. The number of para-hydroxylation sites is 1. The lowest BCUT2D eigenvalue weighted by Crippen LogP contribution is -2.19. The number of anilines is 3. The van der Waals surface area contributed by atoms with Gasteiger partial charge in [0.2, 0.25) is 11.9 Å². The SMILES string of the molecule is CC(C)=CC(=O)Nc1cc(Nc2nccc(-c3cn(C)c4ccccc34)n2)c2c(cnn2CCN(C)C)c1. The van der Waals surface area contributed by atoms with Crippen molar-refractivity contribution >= 4 is 45.0 Å². The van der Waals surface area contributed by atoms with Crippen LogP contribution >= 0.6 is 0 Å². The van der Waals surface area contributed by atoms with E-state index in [1.807, 2.05) is 76.2 Å². The lowest BCUT2D eigenvalue weighted by molar-refractivity contribution is -0.111. The van der Waals surface area contributed by atoms with E-state index in [1.54, 1.807) is 12.3 Å². The second-order valence-electron chi connectivity index (χ2n) is 9.90. The highest BCUT2D eigenvalue weighted by Crippen LogP contribution is 2.32. The molecule has 0 spiro atoms. The van der Waals surface area contributed by atoms with E-state index in [9.17, 15) is 4.79 Å². The van der Waals surface area contributed by atoms with E-state index < -0.39 is 0 Å². The van der Waals surface area contributed by atoms with Crippen molar-refractivity contribution in [1.29, 1.82) is 0 Å². The Labute approximate surface area is 221 Å². The van der Waals surface area contributed by atoms with Crippen molar-refractivity contribution in [2.24, 2.45) is 7.05 Å². The maximum atomic E-state index is 12.5. The molecule has 0 fully saturated rings. The van der Waals surface area contributed by atoms with Gasteiger partial charge in [-0.05, 0) is 52.2 Å². The van der Waals surface area contributed by atoms with Gasteiger partial charge in [0.05, 0.1) is 29.6 Å². The monoisotopic (exact) mass is 508 g/mol. The highest BCUT2D eigenvalue weighted by molar-refractivity contribution is 6.03. The first-order valence-corrected chi connectivity index (χ1v) is 12.5. The largest absolute Gasteiger partial charge is 0.350 e. The molecular weight excluding hydrogens is 476 g/mol. The van der Waals surface area contributed by atoms with Crippen molar-refractivity contribution in [3.8, 4) is 11.3 Å². The average Bonchev–Trinajstić information content (AvgIpc) is 3.43. The predicted molar refractivity (Wildman–Crippen MR) is 154 cm³/mol. The van der Waals surface area contributed by atoms with Crippen molar-refractivity contribution in [3.63, 3.8) is 0 Å². The smallest absolute Gasteiger partial charge is 0.248 e. The fourth-order valence-corrected chi connectivity index (χ4v) is 4.54. The van der Waals surface area contributed by atoms with Crippen molar-refractivity contribution in [2.75, 3.05) is 31.3 Å². The molecule has 3 heterocycles. The Bertz CT molecular complexity index is 1660. The molecule has 2 aromatic carbocycles. The minimum Gasteiger partial charge on any atom is -0.350 e. The molecule has 5 rings (SSSR count). The Morgan fingerprint density at radius 3 is 2.74 bits per heavy atom. The van der Waals surface area contributed by atoms with E-state index in [4.69, 9.17) is 4.98 Å². The summed E-state index contributed by atoms with van der Waals surface area (Å²) in [6.45, 7) is 5.34. The van der Waals surface area contributed by atoms with Gasteiger partial charge in [0, 0.05) is 59.6 Å². The Morgan fingerprint density at radius 2 is 1.95 bits per heavy atom. The zero-order valence-corrected chi connectivity index (χ0v) is 22.4. The van der Waals surface area contributed by atoms with Crippen LogP contribution in [0.4, 0.5) is 17.3 Å². The number of hydrogen-bond donors (Lipinski definition) is 2. The average molecular weight is 509 g/mol. The molecule has 0 radical (unpaired) electrons. The van der Waals surface area contributed by atoms with Gasteiger partial charge < -0.3 is 20.1 Å². The van der Waals surface area contributed by atoms with Crippen LogP contribution in [0, 0.1) is 0 Å². The molecule has 9 heteroatoms. The van der Waals surface area contributed by atoms with Gasteiger partial charge in [-0.3, -0.25) is 9.48 Å². The van der Waals surface area contributed by atoms with Crippen LogP contribution in [-0.4, -0.2) is 55.8 Å². The molecule has 9 nitrogen and oxygen atoms in total. The summed E-state index contributed by atoms with van der Waals surface area (Å²) < 4.78 is 4.07. The zero-order chi connectivity index (χ0) is 26.8. The number of carbonyl (C=O) groups is 1. The van der Waals surface area contributed by atoms with Gasteiger partial charge in [0.1, 0.15) is 0 Å². The summed E-state index contributed by atoms with van der Waals surface area (Å²) in [6.07, 6.45) is 7.24. The van der Waals surface area contributed by atoms with Crippen LogP contribution in [0.2, 0.25) is 0 Å². The lowest BCUT2D eigenvalue weighted by atomic mass is 10.1. The molecule has 0 saturated heterocycles. The van der Waals surface area contributed by atoms with Gasteiger partial charge in [-0.15, -0.1) is 0 Å². The summed E-state index contributed by atoms with van der Waals surface area (Å²) in [7, 11) is 6.11. The van der Waals surface area contributed by atoms with Gasteiger partial charge in [-0.25, -0.2) is 9.97 Å². The first-order valence-electron chi connectivity index (χ1n) is 12.5. The summed E-state index contributed by atoms with van der Waals surface area (Å²) in [5.74, 6) is 0.286. The molecule has 0 aliphatic carbocycles. The number of benzene rings is 2. The Kier molecular flexibility index (Phi) is 6.93. The Balaban J connectivity index is 1.55. The van der Waals surface area contributed by atoms with E-state index in [0.717, 1.165) is 50.9 Å². The summed E-state index contributed by atoms with van der Waals surface area (Å²) in [5, 5.41) is 13.0. The third-order valence-electron chi connectivity index (χ3n) is 6.26. The summed E-state index contributed by atoms with van der Waals surface area (Å²) in [5.41, 5.74) is 6.29. The number of allylic oxidation sites excluding steroid dienone is 1. The van der Waals surface area contributed by atoms with Crippen LogP contribution in [0.5, 0.6) is 0 Å². The van der Waals surface area contributed by atoms with Gasteiger partial charge in [-0.2, -0.15) is 5.10 Å². The lowest BCUT2D eigenvalue weighted by Gasteiger charge is -2.14. The molecular formula is C29H32N8O. The molecule has 194 valence electrons. The third kappa shape index (κ3) is 5.28. The molecule has 0 unspecified atom stereocenters. The zero-order valence-electron chi connectivity index (χ0n) is 22.4. The van der Waals surface area contributed by atoms with E-state index in [-0.39, 0.29) is 5.91 Å². The van der Waals surface area contributed by atoms with E-state index in [0.29, 0.717) is 18.2 Å². The number of aryl methyl sites for hydroxylation is 1. The second-order valence-corrected chi connectivity index (χ2v) is 9.90. The molecule has 5 aromatic rings. The van der Waals surface area contributed by atoms with Gasteiger partial charge in [-0.1, -0.05) is 23.8 Å². The van der Waals surface area contributed by atoms with Gasteiger partial charge in [0.15, 0.2) is 0 Å². The fourth-order valence-electron chi connectivity index (χ4n) is 4.54. The Morgan fingerprint density at radius 1 is 1.13 bits per heavy atom. The number of hydrogen-bond acceptors (Lipinski definition) is 6. The van der Waals surface area contributed by atoms with E-state index >= 15 is 0 Å². The molecule has 0 saturated carbocycles.